The van der Waals surface area contributed by atoms with Gasteiger partial charge in [0.05, 0.1) is 11.6 Å². The molecule has 4 nitrogen and oxygen atoms in total. The summed E-state index contributed by atoms with van der Waals surface area (Å²) in [5.74, 6) is 6.20. The Morgan fingerprint density at radius 3 is 2.53 bits per heavy atom. The fourth-order valence-corrected chi connectivity index (χ4v) is 2.42. The third-order valence-corrected chi connectivity index (χ3v) is 3.18. The van der Waals surface area contributed by atoms with Crippen LogP contribution < -0.4 is 11.3 Å². The molecule has 0 aromatic heterocycles. The highest BCUT2D eigenvalue weighted by atomic mass is 16.5. The monoisotopic (exact) mass is 216 g/mol. The molecule has 1 aliphatic heterocycles. The molecule has 4 heteroatoms. The molecule has 0 aliphatic carbocycles. The minimum Gasteiger partial charge on any atom is -0.381 e. The Hall–Kier alpha value is -0.160. The van der Waals surface area contributed by atoms with Gasteiger partial charge >= 0.3 is 0 Å². The Kier molecular flexibility index (Phi) is 4.99. The molecule has 0 aromatic rings. The molecule has 1 aliphatic rings. The lowest BCUT2D eigenvalue weighted by Crippen LogP contribution is -2.56. The number of nitrogens with two attached hydrogens (primary N) is 1. The lowest BCUT2D eigenvalue weighted by Gasteiger charge is -2.40. The summed E-state index contributed by atoms with van der Waals surface area (Å²) in [6, 6.07) is 0.196. The van der Waals surface area contributed by atoms with E-state index < -0.39 is 0 Å². The lowest BCUT2D eigenvalue weighted by molar-refractivity contribution is -0.0679. The highest BCUT2D eigenvalue weighted by Crippen LogP contribution is 2.27. The van der Waals surface area contributed by atoms with Gasteiger partial charge in [0.15, 0.2) is 0 Å². The molecule has 1 saturated heterocycles. The van der Waals surface area contributed by atoms with Crippen molar-refractivity contribution in [1.29, 1.82) is 0 Å². The van der Waals surface area contributed by atoms with E-state index in [-0.39, 0.29) is 11.6 Å². The van der Waals surface area contributed by atoms with Crippen LogP contribution in [0, 0.1) is 5.92 Å². The molecule has 15 heavy (non-hydrogen) atoms. The highest BCUT2D eigenvalue weighted by molar-refractivity contribution is 4.90. The largest absolute Gasteiger partial charge is 0.381 e. The van der Waals surface area contributed by atoms with Crippen molar-refractivity contribution in [2.24, 2.45) is 11.8 Å². The molecule has 1 heterocycles. The second-order valence-corrected chi connectivity index (χ2v) is 4.63. The maximum absolute atomic E-state index is 5.75. The van der Waals surface area contributed by atoms with Crippen LogP contribution in [-0.4, -0.2) is 31.5 Å². The fraction of sp³-hybridized carbons (Fsp3) is 1.00. The molecule has 1 atom stereocenters. The number of ether oxygens (including phenoxy) is 2. The SMILES string of the molecule is CCOC(C)(C)C(NN)C1CCOCC1. The van der Waals surface area contributed by atoms with Crippen LogP contribution in [0.25, 0.3) is 0 Å². The predicted molar refractivity (Wildman–Crippen MR) is 60.4 cm³/mol. The summed E-state index contributed by atoms with van der Waals surface area (Å²) in [6.07, 6.45) is 2.12. The van der Waals surface area contributed by atoms with E-state index in [1.165, 1.54) is 0 Å². The molecule has 1 rings (SSSR count). The summed E-state index contributed by atoms with van der Waals surface area (Å²) < 4.78 is 11.1. The molecule has 0 spiro atoms. The summed E-state index contributed by atoms with van der Waals surface area (Å²) in [6.45, 7) is 8.59. The maximum Gasteiger partial charge on any atom is 0.0794 e. The van der Waals surface area contributed by atoms with Crippen molar-refractivity contribution in [2.45, 2.75) is 45.3 Å². The van der Waals surface area contributed by atoms with E-state index >= 15 is 0 Å². The number of rotatable bonds is 5. The van der Waals surface area contributed by atoms with Gasteiger partial charge in [0.25, 0.3) is 0 Å². The second-order valence-electron chi connectivity index (χ2n) is 4.63. The van der Waals surface area contributed by atoms with E-state index in [0.717, 1.165) is 26.1 Å². The van der Waals surface area contributed by atoms with Crippen molar-refractivity contribution in [1.82, 2.24) is 5.43 Å². The minimum atomic E-state index is -0.217. The fourth-order valence-electron chi connectivity index (χ4n) is 2.42. The standard InChI is InChI=1S/C11H24N2O2/c1-4-15-11(2,3)10(13-12)9-5-7-14-8-6-9/h9-10,13H,4-8,12H2,1-3H3. The first kappa shape index (κ1) is 12.9. The molecule has 0 amide bonds. The molecule has 1 fully saturated rings. The Morgan fingerprint density at radius 1 is 1.47 bits per heavy atom. The summed E-state index contributed by atoms with van der Waals surface area (Å²) in [4.78, 5) is 0. The van der Waals surface area contributed by atoms with E-state index in [2.05, 4.69) is 19.3 Å². The van der Waals surface area contributed by atoms with Gasteiger partial charge in [0, 0.05) is 19.8 Å². The number of hydrogen-bond acceptors (Lipinski definition) is 4. The Bertz CT molecular complexity index is 179. The minimum absolute atomic E-state index is 0.196. The Morgan fingerprint density at radius 2 is 2.07 bits per heavy atom. The first-order valence-electron chi connectivity index (χ1n) is 5.79. The van der Waals surface area contributed by atoms with Gasteiger partial charge in [-0.2, -0.15) is 0 Å². The predicted octanol–water partition coefficient (Wildman–Crippen LogP) is 1.06. The van der Waals surface area contributed by atoms with Crippen molar-refractivity contribution in [3.8, 4) is 0 Å². The number of nitrogens with one attached hydrogen (secondary N) is 1. The first-order chi connectivity index (χ1) is 7.11. The van der Waals surface area contributed by atoms with Crippen LogP contribution in [0.5, 0.6) is 0 Å². The van der Waals surface area contributed by atoms with Crippen LogP contribution in [0.15, 0.2) is 0 Å². The molecule has 90 valence electrons. The quantitative estimate of drug-likeness (QED) is 0.533. The van der Waals surface area contributed by atoms with Crippen LogP contribution >= 0.6 is 0 Å². The zero-order valence-electron chi connectivity index (χ0n) is 10.1. The van der Waals surface area contributed by atoms with Gasteiger partial charge in [-0.25, -0.2) is 0 Å². The van der Waals surface area contributed by atoms with Gasteiger partial charge < -0.3 is 9.47 Å². The molecule has 3 N–H and O–H groups in total. The third-order valence-electron chi connectivity index (χ3n) is 3.18. The zero-order chi connectivity index (χ0) is 11.3. The summed E-state index contributed by atoms with van der Waals surface area (Å²) >= 11 is 0. The van der Waals surface area contributed by atoms with Crippen LogP contribution in [0.3, 0.4) is 0 Å². The van der Waals surface area contributed by atoms with Gasteiger partial charge in [-0.05, 0) is 39.5 Å². The molecule has 0 saturated carbocycles. The zero-order valence-corrected chi connectivity index (χ0v) is 10.1. The first-order valence-corrected chi connectivity index (χ1v) is 5.79. The molecular formula is C11H24N2O2. The van der Waals surface area contributed by atoms with Crippen molar-refractivity contribution in [3.05, 3.63) is 0 Å². The molecule has 0 radical (unpaired) electrons. The average Bonchev–Trinajstić information content (AvgIpc) is 2.19. The van der Waals surface area contributed by atoms with Crippen molar-refractivity contribution in [2.75, 3.05) is 19.8 Å². The van der Waals surface area contributed by atoms with Gasteiger partial charge in [0.2, 0.25) is 0 Å². The molecule has 0 bridgehead atoms. The van der Waals surface area contributed by atoms with Crippen molar-refractivity contribution < 1.29 is 9.47 Å². The van der Waals surface area contributed by atoms with E-state index in [1.807, 2.05) is 6.92 Å². The number of hydrazine groups is 1. The van der Waals surface area contributed by atoms with Crippen LogP contribution in [0.4, 0.5) is 0 Å². The molecular weight excluding hydrogens is 192 g/mol. The van der Waals surface area contributed by atoms with Crippen LogP contribution in [-0.2, 0) is 9.47 Å². The summed E-state index contributed by atoms with van der Waals surface area (Å²) in [7, 11) is 0. The van der Waals surface area contributed by atoms with Crippen LogP contribution in [0.1, 0.15) is 33.6 Å². The lowest BCUT2D eigenvalue weighted by atomic mass is 9.82. The Labute approximate surface area is 92.5 Å². The van der Waals surface area contributed by atoms with Crippen LogP contribution in [0.2, 0.25) is 0 Å². The topological polar surface area (TPSA) is 56.5 Å². The number of hydrogen-bond donors (Lipinski definition) is 2. The Balaban J connectivity index is 2.59. The van der Waals surface area contributed by atoms with E-state index in [4.69, 9.17) is 15.3 Å². The van der Waals surface area contributed by atoms with Gasteiger partial charge in [-0.15, -0.1) is 0 Å². The summed E-state index contributed by atoms with van der Waals surface area (Å²) in [5.41, 5.74) is 2.70. The van der Waals surface area contributed by atoms with E-state index in [9.17, 15) is 0 Å². The van der Waals surface area contributed by atoms with Crippen molar-refractivity contribution >= 4 is 0 Å². The summed E-state index contributed by atoms with van der Waals surface area (Å²) in [5, 5.41) is 0. The smallest absolute Gasteiger partial charge is 0.0794 e. The molecule has 0 aromatic carbocycles. The van der Waals surface area contributed by atoms with E-state index in [0.29, 0.717) is 12.5 Å². The van der Waals surface area contributed by atoms with Gasteiger partial charge in [-0.3, -0.25) is 11.3 Å². The van der Waals surface area contributed by atoms with E-state index in [1.54, 1.807) is 0 Å². The maximum atomic E-state index is 5.75. The van der Waals surface area contributed by atoms with Gasteiger partial charge in [0.1, 0.15) is 0 Å². The average molecular weight is 216 g/mol. The normalized spacial score (nSPS) is 21.6. The molecule has 1 unspecified atom stereocenters. The third kappa shape index (κ3) is 3.41. The highest BCUT2D eigenvalue weighted by Gasteiger charge is 2.36. The second kappa shape index (κ2) is 5.80. The van der Waals surface area contributed by atoms with Gasteiger partial charge in [-0.1, -0.05) is 0 Å². The van der Waals surface area contributed by atoms with Crippen molar-refractivity contribution in [3.63, 3.8) is 0 Å².